The fourth-order valence-corrected chi connectivity index (χ4v) is 2.83. The summed E-state index contributed by atoms with van der Waals surface area (Å²) in [6, 6.07) is 0.240. The van der Waals surface area contributed by atoms with Crippen LogP contribution in [0.3, 0.4) is 0 Å². The van der Waals surface area contributed by atoms with Gasteiger partial charge in [-0.2, -0.15) is 4.98 Å². The molecule has 1 aromatic heterocycles. The second kappa shape index (κ2) is 6.76. The second-order valence-corrected chi connectivity index (χ2v) is 5.82. The molecule has 1 aliphatic heterocycles. The van der Waals surface area contributed by atoms with Gasteiger partial charge in [-0.1, -0.05) is 12.8 Å². The first-order valence-electron chi connectivity index (χ1n) is 7.81. The highest BCUT2D eigenvalue weighted by atomic mass is 16.1. The van der Waals surface area contributed by atoms with Gasteiger partial charge in [0, 0.05) is 24.4 Å². The van der Waals surface area contributed by atoms with Crippen molar-refractivity contribution in [3.05, 3.63) is 35.9 Å². The van der Waals surface area contributed by atoms with Crippen molar-refractivity contribution in [1.29, 1.82) is 0 Å². The number of quaternary nitrogens is 1. The van der Waals surface area contributed by atoms with E-state index in [4.69, 9.17) is 11.5 Å². The van der Waals surface area contributed by atoms with Crippen LogP contribution in [0.4, 0.5) is 11.8 Å². The topological polar surface area (TPSA) is 136 Å². The third-order valence-electron chi connectivity index (χ3n) is 4.11. The first-order valence-corrected chi connectivity index (χ1v) is 7.81. The lowest BCUT2D eigenvalue weighted by molar-refractivity contribution is -0.510. The van der Waals surface area contributed by atoms with Crippen LogP contribution in [0, 0.1) is 0 Å². The third-order valence-corrected chi connectivity index (χ3v) is 4.11. The van der Waals surface area contributed by atoms with Crippen LogP contribution in [-0.2, 0) is 0 Å². The molecule has 1 aromatic rings. The molecule has 0 spiro atoms. The van der Waals surface area contributed by atoms with E-state index in [1.54, 1.807) is 0 Å². The van der Waals surface area contributed by atoms with E-state index in [2.05, 4.69) is 20.6 Å². The SMILES string of the molecule is NC(=O)c1cnc(N[C@@H]2CCCC[C@@H]2N)nc1NC1=C[NH2+]C=C1. The van der Waals surface area contributed by atoms with Crippen molar-refractivity contribution in [2.24, 2.45) is 11.5 Å². The Kier molecular flexibility index (Phi) is 4.54. The number of hydrogen-bond donors (Lipinski definition) is 5. The number of nitrogens with one attached hydrogen (secondary N) is 2. The summed E-state index contributed by atoms with van der Waals surface area (Å²) in [4.78, 5) is 20.2. The van der Waals surface area contributed by atoms with E-state index >= 15 is 0 Å². The van der Waals surface area contributed by atoms with Gasteiger partial charge in [-0.25, -0.2) is 4.98 Å². The fraction of sp³-hybridized carbons (Fsp3) is 0.400. The van der Waals surface area contributed by atoms with Crippen LogP contribution < -0.4 is 27.4 Å². The monoisotopic (exact) mass is 316 g/mol. The molecule has 0 unspecified atom stereocenters. The molecular weight excluding hydrogens is 294 g/mol. The van der Waals surface area contributed by atoms with Gasteiger partial charge in [-0.05, 0) is 12.8 Å². The fourth-order valence-electron chi connectivity index (χ4n) is 2.83. The molecule has 3 rings (SSSR count). The number of hydrogen-bond acceptors (Lipinski definition) is 6. The van der Waals surface area contributed by atoms with Gasteiger partial charge in [0.1, 0.15) is 17.6 Å². The number of anilines is 2. The zero-order valence-electron chi connectivity index (χ0n) is 12.8. The summed E-state index contributed by atoms with van der Waals surface area (Å²) in [5.41, 5.74) is 12.6. The van der Waals surface area contributed by atoms with Crippen molar-refractivity contribution >= 4 is 17.7 Å². The maximum absolute atomic E-state index is 11.6. The van der Waals surface area contributed by atoms with Crippen molar-refractivity contribution < 1.29 is 10.1 Å². The zero-order chi connectivity index (χ0) is 16.2. The van der Waals surface area contributed by atoms with Gasteiger partial charge in [-0.3, -0.25) is 10.1 Å². The number of nitrogens with zero attached hydrogens (tertiary/aromatic N) is 2. The Morgan fingerprint density at radius 1 is 1.35 bits per heavy atom. The molecule has 1 amide bonds. The molecule has 8 heteroatoms. The van der Waals surface area contributed by atoms with Gasteiger partial charge >= 0.3 is 0 Å². The van der Waals surface area contributed by atoms with Crippen molar-refractivity contribution in [1.82, 2.24) is 9.97 Å². The summed E-state index contributed by atoms with van der Waals surface area (Å²) in [6.45, 7) is 0. The van der Waals surface area contributed by atoms with Gasteiger partial charge in [0.25, 0.3) is 5.91 Å². The van der Waals surface area contributed by atoms with Crippen LogP contribution >= 0.6 is 0 Å². The van der Waals surface area contributed by atoms with E-state index in [0.29, 0.717) is 11.8 Å². The Morgan fingerprint density at radius 3 is 2.87 bits per heavy atom. The molecule has 2 aliphatic rings. The summed E-state index contributed by atoms with van der Waals surface area (Å²) in [5.74, 6) is 0.275. The number of carbonyl (C=O) groups is 1. The molecule has 2 atom stereocenters. The standard InChI is InChI=1S/C15H21N7O/c16-11-3-1-2-4-12(11)21-15-19-8-10(13(17)23)14(22-15)20-9-5-6-18-7-9/h5-8,11-12,18H,1-4,16H2,(H2,17,23)(H2,19,20,21,22)/p+1/t11-,12+/m0/s1. The Hall–Kier alpha value is -2.45. The summed E-state index contributed by atoms with van der Waals surface area (Å²) < 4.78 is 0. The highest BCUT2D eigenvalue weighted by Gasteiger charge is 2.23. The van der Waals surface area contributed by atoms with E-state index in [1.807, 2.05) is 23.8 Å². The highest BCUT2D eigenvalue weighted by Crippen LogP contribution is 2.21. The van der Waals surface area contributed by atoms with E-state index in [-0.39, 0.29) is 17.6 Å². The number of allylic oxidation sites excluding steroid dienone is 1. The number of carbonyl (C=O) groups excluding carboxylic acids is 1. The van der Waals surface area contributed by atoms with E-state index in [0.717, 1.165) is 31.4 Å². The van der Waals surface area contributed by atoms with Crippen molar-refractivity contribution in [2.45, 2.75) is 37.8 Å². The molecule has 8 N–H and O–H groups in total. The first-order chi connectivity index (χ1) is 11.1. The van der Waals surface area contributed by atoms with Crippen molar-refractivity contribution in [2.75, 3.05) is 10.6 Å². The molecule has 1 aliphatic carbocycles. The largest absolute Gasteiger partial charge is 0.365 e. The number of primary amides is 1. The lowest BCUT2D eigenvalue weighted by Gasteiger charge is -2.29. The van der Waals surface area contributed by atoms with Crippen molar-refractivity contribution in [3.63, 3.8) is 0 Å². The zero-order valence-corrected chi connectivity index (χ0v) is 12.8. The van der Waals surface area contributed by atoms with E-state index in [9.17, 15) is 4.79 Å². The molecule has 0 bridgehead atoms. The van der Waals surface area contributed by atoms with Crippen LogP contribution in [0.1, 0.15) is 36.0 Å². The molecule has 23 heavy (non-hydrogen) atoms. The number of amides is 1. The Balaban J connectivity index is 1.81. The van der Waals surface area contributed by atoms with E-state index in [1.165, 1.54) is 6.20 Å². The molecule has 1 fully saturated rings. The number of aromatic nitrogens is 2. The number of nitrogens with two attached hydrogens (primary N) is 3. The Bertz CT molecular complexity index is 655. The van der Waals surface area contributed by atoms with Crippen LogP contribution in [0.15, 0.2) is 30.4 Å². The summed E-state index contributed by atoms with van der Waals surface area (Å²) in [5, 5.41) is 8.27. The summed E-state index contributed by atoms with van der Waals surface area (Å²) in [7, 11) is 0. The quantitative estimate of drug-likeness (QED) is 0.501. The third kappa shape index (κ3) is 3.66. The minimum atomic E-state index is -0.569. The van der Waals surface area contributed by atoms with Gasteiger partial charge in [-0.15, -0.1) is 0 Å². The molecular formula is C15H22N7O+. The van der Waals surface area contributed by atoms with E-state index < -0.39 is 5.91 Å². The molecule has 8 nitrogen and oxygen atoms in total. The first kappa shape index (κ1) is 15.4. The minimum absolute atomic E-state index is 0.0923. The average molecular weight is 316 g/mol. The minimum Gasteiger partial charge on any atom is -0.365 e. The molecule has 0 saturated heterocycles. The predicted molar refractivity (Wildman–Crippen MR) is 87.2 cm³/mol. The second-order valence-electron chi connectivity index (χ2n) is 5.82. The normalized spacial score (nSPS) is 23.4. The molecule has 1 saturated carbocycles. The number of rotatable bonds is 5. The van der Waals surface area contributed by atoms with Crippen LogP contribution in [-0.4, -0.2) is 28.0 Å². The molecule has 0 radical (unpaired) electrons. The molecule has 2 heterocycles. The van der Waals surface area contributed by atoms with Crippen molar-refractivity contribution in [3.8, 4) is 0 Å². The van der Waals surface area contributed by atoms with Crippen LogP contribution in [0.5, 0.6) is 0 Å². The van der Waals surface area contributed by atoms with Crippen LogP contribution in [0.2, 0.25) is 0 Å². The highest BCUT2D eigenvalue weighted by molar-refractivity contribution is 5.97. The molecule has 0 aromatic carbocycles. The maximum Gasteiger partial charge on any atom is 0.254 e. The van der Waals surface area contributed by atoms with Crippen LogP contribution in [0.25, 0.3) is 0 Å². The van der Waals surface area contributed by atoms with Gasteiger partial charge < -0.3 is 22.1 Å². The lowest BCUT2D eigenvalue weighted by atomic mass is 9.91. The summed E-state index contributed by atoms with van der Waals surface area (Å²) >= 11 is 0. The van der Waals surface area contributed by atoms with Gasteiger partial charge in [0.15, 0.2) is 0 Å². The molecule has 122 valence electrons. The maximum atomic E-state index is 11.6. The Morgan fingerprint density at radius 2 is 2.17 bits per heavy atom. The summed E-state index contributed by atoms with van der Waals surface area (Å²) in [6.07, 6.45) is 11.4. The Labute approximate surface area is 134 Å². The average Bonchev–Trinajstić information content (AvgIpc) is 3.02. The van der Waals surface area contributed by atoms with Gasteiger partial charge in [0.05, 0.1) is 11.9 Å². The smallest absolute Gasteiger partial charge is 0.254 e. The predicted octanol–water partition coefficient (Wildman–Crippen LogP) is -0.399. The van der Waals surface area contributed by atoms with Gasteiger partial charge in [0.2, 0.25) is 5.95 Å². The lowest BCUT2D eigenvalue weighted by Crippen LogP contribution is -2.69.